The van der Waals surface area contributed by atoms with Gasteiger partial charge >= 0.3 is 0 Å². The number of hydrogen-bond acceptors (Lipinski definition) is 4. The van der Waals surface area contributed by atoms with Gasteiger partial charge in [-0.05, 0) is 37.5 Å². The van der Waals surface area contributed by atoms with Crippen LogP contribution in [0.25, 0.3) is 0 Å². The molecule has 15 heavy (non-hydrogen) atoms. The van der Waals surface area contributed by atoms with Crippen LogP contribution in [0.15, 0.2) is 18.2 Å². The van der Waals surface area contributed by atoms with Crippen LogP contribution in [0.2, 0.25) is 0 Å². The zero-order chi connectivity index (χ0) is 10.9. The summed E-state index contributed by atoms with van der Waals surface area (Å²) in [5.74, 6) is 3.09. The van der Waals surface area contributed by atoms with Crippen molar-refractivity contribution < 1.29 is 0 Å². The van der Waals surface area contributed by atoms with Crippen LogP contribution in [-0.2, 0) is 0 Å². The van der Waals surface area contributed by atoms with Crippen LogP contribution in [0.5, 0.6) is 0 Å². The van der Waals surface area contributed by atoms with Crippen molar-refractivity contribution >= 4 is 23.4 Å². The highest BCUT2D eigenvalue weighted by molar-refractivity contribution is 7.98. The first-order chi connectivity index (χ1) is 7.36. The van der Waals surface area contributed by atoms with Crippen LogP contribution in [0.4, 0.5) is 11.6 Å². The summed E-state index contributed by atoms with van der Waals surface area (Å²) in [6.45, 7) is 3.96. The van der Waals surface area contributed by atoms with E-state index in [0.29, 0.717) is 0 Å². The number of thioether (sulfide) groups is 1. The number of rotatable bonds is 7. The van der Waals surface area contributed by atoms with E-state index in [1.165, 1.54) is 12.2 Å². The number of nitrogens with zero attached hydrogens (tertiary/aromatic N) is 1. The lowest BCUT2D eigenvalue weighted by Crippen LogP contribution is -2.06. The van der Waals surface area contributed by atoms with Crippen LogP contribution in [0.3, 0.4) is 0 Å². The molecule has 0 radical (unpaired) electrons. The summed E-state index contributed by atoms with van der Waals surface area (Å²) in [5.41, 5.74) is 0. The molecule has 0 unspecified atom stereocenters. The number of nitrogens with one attached hydrogen (secondary N) is 2. The fraction of sp³-hybridized carbons (Fsp3) is 0.545. The van der Waals surface area contributed by atoms with E-state index >= 15 is 0 Å². The van der Waals surface area contributed by atoms with Crippen molar-refractivity contribution in [3.05, 3.63) is 18.2 Å². The van der Waals surface area contributed by atoms with Crippen molar-refractivity contribution in [3.8, 4) is 0 Å². The number of anilines is 2. The van der Waals surface area contributed by atoms with E-state index in [2.05, 4.69) is 28.8 Å². The van der Waals surface area contributed by atoms with Gasteiger partial charge in [-0.1, -0.05) is 6.07 Å². The lowest BCUT2D eigenvalue weighted by Gasteiger charge is -2.07. The van der Waals surface area contributed by atoms with Gasteiger partial charge in [0.1, 0.15) is 11.6 Å². The predicted molar refractivity (Wildman–Crippen MR) is 69.9 cm³/mol. The zero-order valence-electron chi connectivity index (χ0n) is 9.42. The molecule has 0 aliphatic heterocycles. The summed E-state index contributed by atoms with van der Waals surface area (Å²) in [7, 11) is 0. The second-order valence-electron chi connectivity index (χ2n) is 3.21. The first-order valence-corrected chi connectivity index (χ1v) is 6.70. The third-order valence-electron chi connectivity index (χ3n) is 1.94. The standard InChI is InChI=1S/C11H19N3S/c1-3-12-10-6-4-7-11(14-10)13-8-5-9-15-2/h4,6-7H,3,5,8-9H2,1-2H3,(H2,12,13,14). The first-order valence-electron chi connectivity index (χ1n) is 5.30. The van der Waals surface area contributed by atoms with Crippen molar-refractivity contribution in [2.75, 3.05) is 35.7 Å². The van der Waals surface area contributed by atoms with E-state index in [0.717, 1.165) is 24.7 Å². The molecule has 1 aromatic rings. The Kier molecular flexibility index (Phi) is 6.00. The zero-order valence-corrected chi connectivity index (χ0v) is 10.2. The first kappa shape index (κ1) is 12.2. The molecule has 0 amide bonds. The van der Waals surface area contributed by atoms with Crippen molar-refractivity contribution in [3.63, 3.8) is 0 Å². The molecule has 0 saturated heterocycles. The Morgan fingerprint density at radius 2 is 2.00 bits per heavy atom. The third-order valence-corrected chi connectivity index (χ3v) is 2.64. The molecule has 0 spiro atoms. The lowest BCUT2D eigenvalue weighted by molar-refractivity contribution is 0.981. The Bertz CT molecular complexity index is 278. The van der Waals surface area contributed by atoms with E-state index < -0.39 is 0 Å². The summed E-state index contributed by atoms with van der Waals surface area (Å²) in [6, 6.07) is 6.00. The molecule has 0 aromatic carbocycles. The molecule has 1 aromatic heterocycles. The van der Waals surface area contributed by atoms with Crippen molar-refractivity contribution in [1.29, 1.82) is 0 Å². The smallest absolute Gasteiger partial charge is 0.128 e. The van der Waals surface area contributed by atoms with Crippen molar-refractivity contribution in [1.82, 2.24) is 4.98 Å². The minimum Gasteiger partial charge on any atom is -0.370 e. The molecular formula is C11H19N3S. The van der Waals surface area contributed by atoms with E-state index in [1.807, 2.05) is 30.0 Å². The minimum atomic E-state index is 0.906. The fourth-order valence-electron chi connectivity index (χ4n) is 1.25. The van der Waals surface area contributed by atoms with Crippen LogP contribution < -0.4 is 10.6 Å². The molecule has 2 N–H and O–H groups in total. The van der Waals surface area contributed by atoms with Gasteiger partial charge < -0.3 is 10.6 Å². The molecule has 3 nitrogen and oxygen atoms in total. The molecule has 84 valence electrons. The Labute approximate surface area is 96.1 Å². The summed E-state index contributed by atoms with van der Waals surface area (Å²) in [5, 5.41) is 6.51. The lowest BCUT2D eigenvalue weighted by atomic mass is 10.4. The van der Waals surface area contributed by atoms with Gasteiger partial charge in [-0.25, -0.2) is 4.98 Å². The largest absolute Gasteiger partial charge is 0.370 e. The predicted octanol–water partition coefficient (Wildman–Crippen LogP) is 2.68. The van der Waals surface area contributed by atoms with E-state index in [4.69, 9.17) is 0 Å². The van der Waals surface area contributed by atoms with Crippen LogP contribution in [0.1, 0.15) is 13.3 Å². The maximum absolute atomic E-state index is 4.43. The number of pyridine rings is 1. The molecule has 0 saturated carbocycles. The second kappa shape index (κ2) is 7.40. The van der Waals surface area contributed by atoms with E-state index in [-0.39, 0.29) is 0 Å². The van der Waals surface area contributed by atoms with Crippen LogP contribution >= 0.6 is 11.8 Å². The normalized spacial score (nSPS) is 10.0. The second-order valence-corrected chi connectivity index (χ2v) is 4.20. The Hall–Kier alpha value is -0.900. The average molecular weight is 225 g/mol. The van der Waals surface area contributed by atoms with Gasteiger partial charge in [0, 0.05) is 13.1 Å². The molecule has 1 rings (SSSR count). The van der Waals surface area contributed by atoms with Gasteiger partial charge in [0.2, 0.25) is 0 Å². The van der Waals surface area contributed by atoms with Gasteiger partial charge in [-0.3, -0.25) is 0 Å². The number of aromatic nitrogens is 1. The summed E-state index contributed by atoms with van der Waals surface area (Å²) in [4.78, 5) is 4.43. The van der Waals surface area contributed by atoms with Gasteiger partial charge in [0.05, 0.1) is 0 Å². The van der Waals surface area contributed by atoms with Crippen molar-refractivity contribution in [2.24, 2.45) is 0 Å². The van der Waals surface area contributed by atoms with Crippen LogP contribution in [-0.4, -0.2) is 30.1 Å². The fourth-order valence-corrected chi connectivity index (χ4v) is 1.68. The highest BCUT2D eigenvalue weighted by Gasteiger charge is 1.95. The average Bonchev–Trinajstić information content (AvgIpc) is 2.26. The molecule has 0 aliphatic rings. The highest BCUT2D eigenvalue weighted by atomic mass is 32.2. The molecule has 0 fully saturated rings. The van der Waals surface area contributed by atoms with Gasteiger partial charge in [0.15, 0.2) is 0 Å². The minimum absolute atomic E-state index is 0.906. The molecule has 0 atom stereocenters. The van der Waals surface area contributed by atoms with Crippen molar-refractivity contribution in [2.45, 2.75) is 13.3 Å². The summed E-state index contributed by atoms with van der Waals surface area (Å²) in [6.07, 6.45) is 3.30. The molecule has 0 bridgehead atoms. The summed E-state index contributed by atoms with van der Waals surface area (Å²) < 4.78 is 0. The molecule has 4 heteroatoms. The molecule has 1 heterocycles. The maximum Gasteiger partial charge on any atom is 0.128 e. The quantitative estimate of drug-likeness (QED) is 0.700. The van der Waals surface area contributed by atoms with Gasteiger partial charge in [-0.15, -0.1) is 0 Å². The van der Waals surface area contributed by atoms with E-state index in [1.54, 1.807) is 0 Å². The SMILES string of the molecule is CCNc1cccc(NCCCSC)n1. The topological polar surface area (TPSA) is 37.0 Å². The maximum atomic E-state index is 4.43. The Balaban J connectivity index is 2.36. The molecular weight excluding hydrogens is 206 g/mol. The van der Waals surface area contributed by atoms with Gasteiger partial charge in [0.25, 0.3) is 0 Å². The van der Waals surface area contributed by atoms with Crippen LogP contribution in [0, 0.1) is 0 Å². The molecule has 0 aliphatic carbocycles. The van der Waals surface area contributed by atoms with Gasteiger partial charge in [-0.2, -0.15) is 11.8 Å². The summed E-state index contributed by atoms with van der Waals surface area (Å²) >= 11 is 1.88. The van der Waals surface area contributed by atoms with E-state index in [9.17, 15) is 0 Å². The third kappa shape index (κ3) is 4.93. The highest BCUT2D eigenvalue weighted by Crippen LogP contribution is 2.08. The Morgan fingerprint density at radius 1 is 1.27 bits per heavy atom. The monoisotopic (exact) mass is 225 g/mol. The number of hydrogen-bond donors (Lipinski definition) is 2. The Morgan fingerprint density at radius 3 is 2.67 bits per heavy atom.